The average molecular weight is 253 g/mol. The molecule has 1 saturated heterocycles. The fourth-order valence-electron chi connectivity index (χ4n) is 2.64. The largest absolute Gasteiger partial charge is 1.00 e. The van der Waals surface area contributed by atoms with Gasteiger partial charge in [0.05, 0.1) is 19.6 Å². The Balaban J connectivity index is 0.000000562. The Bertz CT molecular complexity index is 256. The van der Waals surface area contributed by atoms with E-state index in [1.807, 2.05) is 0 Å². The Morgan fingerprint density at radius 3 is 3.00 bits per heavy atom. The molecule has 4 nitrogen and oxygen atoms in total. The van der Waals surface area contributed by atoms with E-state index in [4.69, 9.17) is 0 Å². The van der Waals surface area contributed by atoms with Gasteiger partial charge >= 0.3 is 0 Å². The summed E-state index contributed by atoms with van der Waals surface area (Å²) in [4.78, 5) is 2.54. The molecule has 0 amide bonds. The molecule has 15 heavy (non-hydrogen) atoms. The number of rotatable bonds is 0. The summed E-state index contributed by atoms with van der Waals surface area (Å²) in [7, 11) is 0. The molecule has 3 aliphatic heterocycles. The van der Waals surface area contributed by atoms with Crippen molar-refractivity contribution in [2.75, 3.05) is 39.4 Å². The first kappa shape index (κ1) is 13.0. The highest BCUT2D eigenvalue weighted by atomic mass is 35.5. The van der Waals surface area contributed by atoms with Crippen molar-refractivity contribution in [2.24, 2.45) is 0 Å². The Morgan fingerprint density at radius 2 is 2.13 bits per heavy atom. The molecule has 1 atom stereocenters. The van der Waals surface area contributed by atoms with E-state index in [0.29, 0.717) is 6.04 Å². The molecule has 0 aromatic heterocycles. The topological polar surface area (TPSA) is 30.3 Å². The molecule has 0 radical (unpaired) electrons. The number of halogens is 2. The van der Waals surface area contributed by atoms with Gasteiger partial charge in [-0.1, -0.05) is 0 Å². The van der Waals surface area contributed by atoms with Crippen LogP contribution in [0.3, 0.4) is 0 Å². The van der Waals surface area contributed by atoms with Gasteiger partial charge in [-0.2, -0.15) is 0 Å². The fourth-order valence-corrected chi connectivity index (χ4v) is 2.64. The van der Waals surface area contributed by atoms with Crippen molar-refractivity contribution in [3.63, 3.8) is 0 Å². The van der Waals surface area contributed by atoms with Crippen LogP contribution in [0.4, 0.5) is 0 Å². The Kier molecular flexibility index (Phi) is 4.64. The van der Waals surface area contributed by atoms with E-state index < -0.39 is 0 Å². The van der Waals surface area contributed by atoms with Crippen LogP contribution in [0.1, 0.15) is 6.42 Å². The number of nitrogens with zero attached hydrogens (tertiary/aromatic N) is 2. The Hall–Kier alpha value is -0.0300. The van der Waals surface area contributed by atoms with E-state index >= 15 is 0 Å². The molecule has 1 unspecified atom stereocenters. The molecule has 0 spiro atoms. The van der Waals surface area contributed by atoms with Gasteiger partial charge in [0.25, 0.3) is 5.84 Å². The molecule has 3 heterocycles. The second kappa shape index (κ2) is 5.34. The molecule has 1 fully saturated rings. The lowest BCUT2D eigenvalue weighted by Gasteiger charge is -2.17. The molecule has 0 aromatic carbocycles. The molecular formula is C9H18Cl2N4. The minimum absolute atomic E-state index is 0. The van der Waals surface area contributed by atoms with Crippen LogP contribution in [0.15, 0.2) is 0 Å². The summed E-state index contributed by atoms with van der Waals surface area (Å²) in [5, 5.41) is 7.02. The zero-order valence-electron chi connectivity index (χ0n) is 8.71. The highest BCUT2D eigenvalue weighted by molar-refractivity contribution is 5.86. The van der Waals surface area contributed by atoms with Crippen molar-refractivity contribution in [1.29, 1.82) is 0 Å². The molecule has 3 aliphatic rings. The van der Waals surface area contributed by atoms with Crippen LogP contribution in [0.25, 0.3) is 0 Å². The standard InChI is InChI=1S/C9H17N4.2ClH/c1-4-12-5-2-10-3-6-13-7-11-8(1)9(12)13;;/h8,10-11H,1-7H2;2*1H/q+1;;/p-1. The summed E-state index contributed by atoms with van der Waals surface area (Å²) in [5.41, 5.74) is 0. The predicted octanol–water partition coefficient (Wildman–Crippen LogP) is -3.94. The zero-order chi connectivity index (χ0) is 8.67. The summed E-state index contributed by atoms with van der Waals surface area (Å²) >= 11 is 0. The Morgan fingerprint density at radius 1 is 1.27 bits per heavy atom. The molecule has 0 saturated carbocycles. The van der Waals surface area contributed by atoms with Crippen LogP contribution in [-0.4, -0.2) is 60.7 Å². The van der Waals surface area contributed by atoms with Gasteiger partial charge in [0.15, 0.2) is 0 Å². The first-order chi connectivity index (χ1) is 6.45. The lowest BCUT2D eigenvalue weighted by atomic mass is 10.2. The van der Waals surface area contributed by atoms with E-state index in [1.54, 1.807) is 5.84 Å². The van der Waals surface area contributed by atoms with Crippen LogP contribution < -0.4 is 23.0 Å². The molecule has 88 valence electrons. The third kappa shape index (κ3) is 2.23. The quantitative estimate of drug-likeness (QED) is 0.432. The van der Waals surface area contributed by atoms with Gasteiger partial charge < -0.3 is 17.7 Å². The molecule has 0 aromatic rings. The monoisotopic (exact) mass is 252 g/mol. The summed E-state index contributed by atoms with van der Waals surface area (Å²) in [6, 6.07) is 0.665. The molecule has 0 bridgehead atoms. The van der Waals surface area contributed by atoms with Crippen molar-refractivity contribution in [3.05, 3.63) is 0 Å². The highest BCUT2D eigenvalue weighted by Gasteiger charge is 2.42. The van der Waals surface area contributed by atoms with Crippen LogP contribution in [0.2, 0.25) is 0 Å². The minimum Gasteiger partial charge on any atom is -1.00 e. The number of hydrogen-bond acceptors (Lipinski definition) is 3. The summed E-state index contributed by atoms with van der Waals surface area (Å²) in [5.74, 6) is 1.57. The minimum atomic E-state index is 0. The van der Waals surface area contributed by atoms with Crippen molar-refractivity contribution in [2.45, 2.75) is 12.5 Å². The average Bonchev–Trinajstić information content (AvgIpc) is 2.60. The van der Waals surface area contributed by atoms with Gasteiger partial charge in [-0.3, -0.25) is 10.2 Å². The maximum Gasteiger partial charge on any atom is 0.265 e. The van der Waals surface area contributed by atoms with Crippen LogP contribution in [0, 0.1) is 0 Å². The third-order valence-corrected chi connectivity index (χ3v) is 3.29. The maximum absolute atomic E-state index is 3.56. The van der Waals surface area contributed by atoms with Gasteiger partial charge in [0, 0.05) is 19.5 Å². The lowest BCUT2D eigenvalue weighted by Crippen LogP contribution is -3.00. The summed E-state index contributed by atoms with van der Waals surface area (Å²) in [6.45, 7) is 6.92. The molecule has 3 rings (SSSR count). The first-order valence-corrected chi connectivity index (χ1v) is 5.26. The van der Waals surface area contributed by atoms with E-state index in [1.165, 1.54) is 19.5 Å². The normalized spacial score (nSPS) is 28.8. The molecule has 0 aliphatic carbocycles. The van der Waals surface area contributed by atoms with Gasteiger partial charge in [-0.05, 0) is 0 Å². The zero-order valence-corrected chi connectivity index (χ0v) is 10.3. The summed E-state index contributed by atoms with van der Waals surface area (Å²) < 4.78 is 2.49. The lowest BCUT2D eigenvalue weighted by molar-refractivity contribution is -0.526. The number of amidine groups is 1. The van der Waals surface area contributed by atoms with E-state index in [9.17, 15) is 0 Å². The van der Waals surface area contributed by atoms with E-state index in [0.717, 1.165) is 26.3 Å². The fraction of sp³-hybridized carbons (Fsp3) is 0.889. The van der Waals surface area contributed by atoms with Crippen molar-refractivity contribution >= 4 is 18.2 Å². The van der Waals surface area contributed by atoms with E-state index in [2.05, 4.69) is 20.1 Å². The maximum atomic E-state index is 3.56. The number of hydrogen-bond donors (Lipinski definition) is 2. The first-order valence-electron chi connectivity index (χ1n) is 5.26. The van der Waals surface area contributed by atoms with E-state index in [-0.39, 0.29) is 24.8 Å². The van der Waals surface area contributed by atoms with Crippen LogP contribution in [-0.2, 0) is 0 Å². The summed E-state index contributed by atoms with van der Waals surface area (Å²) in [6.07, 6.45) is 1.30. The van der Waals surface area contributed by atoms with Gasteiger partial charge in [0.1, 0.15) is 12.7 Å². The van der Waals surface area contributed by atoms with Crippen LogP contribution >= 0.6 is 12.4 Å². The van der Waals surface area contributed by atoms with Crippen molar-refractivity contribution in [3.8, 4) is 0 Å². The highest BCUT2D eigenvalue weighted by Crippen LogP contribution is 2.16. The Labute approximate surface area is 103 Å². The van der Waals surface area contributed by atoms with Gasteiger partial charge in [-0.25, -0.2) is 4.58 Å². The second-order valence-electron chi connectivity index (χ2n) is 4.06. The van der Waals surface area contributed by atoms with Crippen molar-refractivity contribution in [1.82, 2.24) is 15.5 Å². The SMILES string of the molecule is C1CN2CCC3NC[N+](=C32)CCN1.Cl.[Cl-]. The van der Waals surface area contributed by atoms with Gasteiger partial charge in [0.2, 0.25) is 0 Å². The molecule has 6 heteroatoms. The second-order valence-corrected chi connectivity index (χ2v) is 4.06. The van der Waals surface area contributed by atoms with Crippen molar-refractivity contribution < 1.29 is 17.0 Å². The molecule has 2 N–H and O–H groups in total. The van der Waals surface area contributed by atoms with Gasteiger partial charge in [-0.15, -0.1) is 12.4 Å². The smallest absolute Gasteiger partial charge is 0.265 e. The van der Waals surface area contributed by atoms with Crippen LogP contribution in [0.5, 0.6) is 0 Å². The number of nitrogens with one attached hydrogen (secondary N) is 2. The predicted molar refractivity (Wildman–Crippen MR) is 58.2 cm³/mol. The molecular weight excluding hydrogens is 235 g/mol. The third-order valence-electron chi connectivity index (χ3n) is 3.29.